The van der Waals surface area contributed by atoms with Gasteiger partial charge in [0.2, 0.25) is 6.71 Å². The number of nitrogens with zero attached hydrogens (tertiary/aromatic N) is 2. The normalized spacial score (nSPS) is 13.0. The molecule has 0 radical (unpaired) electrons. The van der Waals surface area contributed by atoms with Crippen LogP contribution in [0.3, 0.4) is 0 Å². The van der Waals surface area contributed by atoms with Gasteiger partial charge in [0, 0.05) is 18.6 Å². The molecule has 1 aromatic heterocycles. The van der Waals surface area contributed by atoms with Crippen molar-refractivity contribution in [2.24, 2.45) is 0 Å². The Morgan fingerprint density at radius 2 is 1.23 bits per heavy atom. The van der Waals surface area contributed by atoms with Crippen molar-refractivity contribution in [3.05, 3.63) is 152 Å². The summed E-state index contributed by atoms with van der Waals surface area (Å²) in [5.41, 5.74) is 2.94. The van der Waals surface area contributed by atoms with Crippen LogP contribution in [0, 0.1) is 0 Å². The molecular weight excluding hydrogens is 499 g/mol. The summed E-state index contributed by atoms with van der Waals surface area (Å²) < 4.78 is 2.24. The maximum atomic E-state index is 4.26. The van der Waals surface area contributed by atoms with Gasteiger partial charge in [0.1, 0.15) is 8.07 Å². The first-order valence-corrected chi connectivity index (χ1v) is 17.0. The molecule has 6 rings (SSSR count). The number of benzene rings is 4. The van der Waals surface area contributed by atoms with Crippen molar-refractivity contribution in [3.63, 3.8) is 0 Å². The third-order valence-electron chi connectivity index (χ3n) is 7.94. The average Bonchev–Trinajstić information content (AvgIpc) is 3.72. The van der Waals surface area contributed by atoms with Crippen LogP contribution in [-0.4, -0.2) is 24.3 Å². The zero-order valence-corrected chi connectivity index (χ0v) is 24.5. The Morgan fingerprint density at radius 3 is 1.65 bits per heavy atom. The standard InChI is InChI=1S/C21H24N2Si.C15H15B/c1-2-3-10-17-24(19-23-16-15-22-18-23,20-11-6-4-7-12-20)21-13-8-5-9-14-21;1-3-7-13(8-4-1)16(15-11-12-15)14-9-5-2-6-10-14/h3-16,18H,2,17,19H2,1H3;1-10,15H,11-12H2. The Morgan fingerprint density at radius 1 is 0.725 bits per heavy atom. The Labute approximate surface area is 241 Å². The Balaban J connectivity index is 0.000000174. The van der Waals surface area contributed by atoms with Gasteiger partial charge in [-0.1, -0.05) is 180 Å². The summed E-state index contributed by atoms with van der Waals surface area (Å²) in [5, 5.41) is 2.95. The number of hydrogen-bond donors (Lipinski definition) is 0. The highest BCUT2D eigenvalue weighted by Gasteiger charge is 2.37. The first-order valence-electron chi connectivity index (χ1n) is 14.6. The SMILES string of the molecule is CCC=CC[Si](Cn1ccnc1)(c1ccccc1)c1ccccc1.c1ccc(B(c2ccccc2)C2CC2)cc1. The van der Waals surface area contributed by atoms with Crippen LogP contribution in [0.1, 0.15) is 26.2 Å². The molecule has 0 aliphatic heterocycles. The van der Waals surface area contributed by atoms with Gasteiger partial charge < -0.3 is 4.57 Å². The van der Waals surface area contributed by atoms with Crippen LogP contribution >= 0.6 is 0 Å². The fourth-order valence-electron chi connectivity index (χ4n) is 5.79. The van der Waals surface area contributed by atoms with E-state index in [1.165, 1.54) is 34.1 Å². The molecule has 0 N–H and O–H groups in total. The van der Waals surface area contributed by atoms with Gasteiger partial charge >= 0.3 is 0 Å². The summed E-state index contributed by atoms with van der Waals surface area (Å²) in [7, 11) is -1.95. The van der Waals surface area contributed by atoms with Crippen molar-refractivity contribution >= 4 is 36.1 Å². The molecule has 2 nitrogen and oxygen atoms in total. The van der Waals surface area contributed by atoms with Crippen LogP contribution in [0.25, 0.3) is 0 Å². The second kappa shape index (κ2) is 14.0. The lowest BCUT2D eigenvalue weighted by Gasteiger charge is -2.32. The van der Waals surface area contributed by atoms with Crippen molar-refractivity contribution in [1.82, 2.24) is 9.55 Å². The third kappa shape index (κ3) is 7.00. The molecule has 4 heteroatoms. The Hall–Kier alpha value is -3.89. The smallest absolute Gasteiger partial charge is 0.212 e. The number of hydrogen-bond acceptors (Lipinski definition) is 1. The third-order valence-corrected chi connectivity index (χ3v) is 12.7. The predicted octanol–water partition coefficient (Wildman–Crippen LogP) is 6.11. The van der Waals surface area contributed by atoms with Gasteiger partial charge in [-0.05, 0) is 12.5 Å². The number of allylic oxidation sites excluding steroid dienone is 2. The van der Waals surface area contributed by atoms with Crippen molar-refractivity contribution in [1.29, 1.82) is 0 Å². The molecule has 1 saturated carbocycles. The molecule has 4 aromatic carbocycles. The maximum Gasteiger partial charge on any atom is 0.212 e. The van der Waals surface area contributed by atoms with Crippen molar-refractivity contribution in [3.8, 4) is 0 Å². The van der Waals surface area contributed by atoms with E-state index in [1.807, 2.05) is 12.5 Å². The minimum Gasteiger partial charge on any atom is -0.340 e. The Bertz CT molecular complexity index is 1340. The van der Waals surface area contributed by atoms with Gasteiger partial charge in [0.15, 0.2) is 0 Å². The molecule has 0 bridgehead atoms. The van der Waals surface area contributed by atoms with Crippen LogP contribution in [0.4, 0.5) is 0 Å². The molecule has 0 amide bonds. The monoisotopic (exact) mass is 538 g/mol. The van der Waals surface area contributed by atoms with Crippen molar-refractivity contribution in [2.45, 2.75) is 44.2 Å². The zero-order chi connectivity index (χ0) is 27.5. The lowest BCUT2D eigenvalue weighted by Crippen LogP contribution is -2.61. The zero-order valence-electron chi connectivity index (χ0n) is 23.5. The molecule has 0 saturated heterocycles. The van der Waals surface area contributed by atoms with E-state index in [2.05, 4.69) is 156 Å². The number of rotatable bonds is 10. The van der Waals surface area contributed by atoms with E-state index in [9.17, 15) is 0 Å². The van der Waals surface area contributed by atoms with Gasteiger partial charge in [-0.3, -0.25) is 0 Å². The van der Waals surface area contributed by atoms with Crippen molar-refractivity contribution in [2.75, 3.05) is 0 Å². The maximum absolute atomic E-state index is 4.26. The summed E-state index contributed by atoms with van der Waals surface area (Å²) in [6.07, 6.45) is 15.4. The van der Waals surface area contributed by atoms with Crippen molar-refractivity contribution < 1.29 is 0 Å². The van der Waals surface area contributed by atoms with Gasteiger partial charge in [-0.15, -0.1) is 0 Å². The lowest BCUT2D eigenvalue weighted by atomic mass is 9.37. The van der Waals surface area contributed by atoms with Gasteiger partial charge in [0.25, 0.3) is 0 Å². The summed E-state index contributed by atoms with van der Waals surface area (Å²) in [5.74, 6) is 0.866. The minimum absolute atomic E-state index is 0.613. The second-order valence-corrected chi connectivity index (χ2v) is 14.8. The number of aromatic nitrogens is 2. The van der Waals surface area contributed by atoms with Gasteiger partial charge in [-0.25, -0.2) is 4.98 Å². The fraction of sp³-hybridized carbons (Fsp3) is 0.194. The van der Waals surface area contributed by atoms with E-state index in [0.29, 0.717) is 6.71 Å². The quantitative estimate of drug-likeness (QED) is 0.155. The number of imidazole rings is 1. The second-order valence-electron chi connectivity index (χ2n) is 10.8. The topological polar surface area (TPSA) is 17.8 Å². The summed E-state index contributed by atoms with van der Waals surface area (Å²) in [6.45, 7) is 2.81. The van der Waals surface area contributed by atoms with E-state index >= 15 is 0 Å². The van der Waals surface area contributed by atoms with Crippen LogP contribution in [0.5, 0.6) is 0 Å². The Kier molecular flexibility index (Phi) is 9.65. The highest BCUT2D eigenvalue weighted by Crippen LogP contribution is 2.38. The molecule has 0 spiro atoms. The van der Waals surface area contributed by atoms with E-state index in [1.54, 1.807) is 0 Å². The molecular formula is C36H39BN2Si. The first kappa shape index (κ1) is 27.7. The molecule has 1 aliphatic carbocycles. The summed E-state index contributed by atoms with van der Waals surface area (Å²) in [6, 6.07) is 45.0. The molecule has 1 heterocycles. The van der Waals surface area contributed by atoms with E-state index in [0.717, 1.165) is 24.5 Å². The predicted molar refractivity (Wildman–Crippen MR) is 175 cm³/mol. The average molecular weight is 539 g/mol. The largest absolute Gasteiger partial charge is 0.340 e. The lowest BCUT2D eigenvalue weighted by molar-refractivity contribution is 0.855. The highest BCUT2D eigenvalue weighted by molar-refractivity contribution is 7.01. The van der Waals surface area contributed by atoms with Crippen LogP contribution in [0.2, 0.25) is 11.9 Å². The van der Waals surface area contributed by atoms with Gasteiger partial charge in [-0.2, -0.15) is 0 Å². The van der Waals surface area contributed by atoms with E-state index in [-0.39, 0.29) is 0 Å². The molecule has 0 atom stereocenters. The molecule has 0 unspecified atom stereocenters. The van der Waals surface area contributed by atoms with E-state index in [4.69, 9.17) is 0 Å². The molecule has 1 aliphatic rings. The van der Waals surface area contributed by atoms with E-state index < -0.39 is 8.07 Å². The molecule has 200 valence electrons. The molecule has 40 heavy (non-hydrogen) atoms. The summed E-state index contributed by atoms with van der Waals surface area (Å²) in [4.78, 5) is 4.26. The van der Waals surface area contributed by atoms with Gasteiger partial charge in [0.05, 0.1) is 6.33 Å². The highest BCUT2D eigenvalue weighted by atomic mass is 28.3. The first-order chi connectivity index (χ1) is 19.8. The molecule has 1 fully saturated rings. The van der Waals surface area contributed by atoms with Crippen LogP contribution < -0.4 is 21.3 Å². The fourth-order valence-corrected chi connectivity index (χ4v) is 10.1. The van der Waals surface area contributed by atoms with Crippen LogP contribution in [-0.2, 0) is 6.17 Å². The summed E-state index contributed by atoms with van der Waals surface area (Å²) >= 11 is 0. The minimum atomic E-state index is -1.95. The van der Waals surface area contributed by atoms with Crippen LogP contribution in [0.15, 0.2) is 152 Å². The molecule has 5 aromatic rings.